The van der Waals surface area contributed by atoms with Gasteiger partial charge in [0.25, 0.3) is 0 Å². The molecule has 0 saturated carbocycles. The van der Waals surface area contributed by atoms with Crippen LogP contribution >= 0.6 is 0 Å². The van der Waals surface area contributed by atoms with E-state index in [0.29, 0.717) is 18.3 Å². The number of hydrogen-bond donors (Lipinski definition) is 2. The Morgan fingerprint density at radius 3 is 2.25 bits per heavy atom. The third-order valence-corrected chi connectivity index (χ3v) is 4.34. The monoisotopic (exact) mass is 284 g/mol. The van der Waals surface area contributed by atoms with Gasteiger partial charge in [-0.15, -0.1) is 0 Å². The Morgan fingerprint density at radius 2 is 1.75 bits per heavy atom. The minimum absolute atomic E-state index is 0.0139. The molecule has 1 aliphatic rings. The molecule has 20 heavy (non-hydrogen) atoms. The van der Waals surface area contributed by atoms with E-state index < -0.39 is 5.97 Å². The summed E-state index contributed by atoms with van der Waals surface area (Å²) >= 11 is 0. The molecular weight excluding hydrogens is 256 g/mol. The number of nitrogens with zero attached hydrogens (tertiary/aromatic N) is 1. The second-order valence-electron chi connectivity index (χ2n) is 6.38. The summed E-state index contributed by atoms with van der Waals surface area (Å²) in [5.41, 5.74) is 0. The molecule has 1 fully saturated rings. The highest BCUT2D eigenvalue weighted by Gasteiger charge is 2.29. The number of rotatable bonds is 6. The average molecular weight is 284 g/mol. The van der Waals surface area contributed by atoms with E-state index in [0.717, 1.165) is 25.9 Å². The van der Waals surface area contributed by atoms with E-state index >= 15 is 0 Å². The predicted octanol–water partition coefficient (Wildman–Crippen LogP) is 2.56. The summed E-state index contributed by atoms with van der Waals surface area (Å²) < 4.78 is 0. The lowest BCUT2D eigenvalue weighted by Gasteiger charge is -2.21. The van der Waals surface area contributed by atoms with E-state index in [1.54, 1.807) is 6.92 Å². The normalized spacial score (nSPS) is 25.3. The first kappa shape index (κ1) is 16.8. The highest BCUT2D eigenvalue weighted by molar-refractivity contribution is 5.74. The van der Waals surface area contributed by atoms with Crippen molar-refractivity contribution in [2.24, 2.45) is 17.8 Å². The number of nitrogens with one attached hydrogen (secondary N) is 1. The molecule has 0 aromatic rings. The van der Waals surface area contributed by atoms with Crippen LogP contribution in [0.5, 0.6) is 0 Å². The summed E-state index contributed by atoms with van der Waals surface area (Å²) in [6.07, 6.45) is 2.30. The first-order valence-electron chi connectivity index (χ1n) is 7.59. The smallest absolute Gasteiger partial charge is 0.317 e. The molecule has 0 spiro atoms. The highest BCUT2D eigenvalue weighted by atomic mass is 16.4. The predicted molar refractivity (Wildman–Crippen MR) is 78.5 cm³/mol. The standard InChI is InChI=1S/C15H28N2O3/c1-10(14(18)19)6-5-7-13(4)16-15(20)17-8-11(2)12(3)9-17/h10-13H,5-9H2,1-4H3,(H,16,20)(H,18,19). The second-order valence-corrected chi connectivity index (χ2v) is 6.38. The van der Waals surface area contributed by atoms with Crippen LogP contribution in [-0.2, 0) is 4.79 Å². The summed E-state index contributed by atoms with van der Waals surface area (Å²) in [5, 5.41) is 11.8. The number of aliphatic carboxylic acids is 1. The summed E-state index contributed by atoms with van der Waals surface area (Å²) in [5.74, 6) is 0.0693. The molecule has 5 nitrogen and oxygen atoms in total. The van der Waals surface area contributed by atoms with Crippen LogP contribution in [0.3, 0.4) is 0 Å². The SMILES string of the molecule is CC(CCCC(C)C(=O)O)NC(=O)N1CC(C)C(C)C1. The third kappa shape index (κ3) is 5.02. The number of carbonyl (C=O) groups excluding carboxylic acids is 1. The lowest BCUT2D eigenvalue weighted by Crippen LogP contribution is -2.43. The van der Waals surface area contributed by atoms with Crippen molar-refractivity contribution in [3.8, 4) is 0 Å². The van der Waals surface area contributed by atoms with Gasteiger partial charge in [0.05, 0.1) is 5.92 Å². The number of urea groups is 1. The summed E-state index contributed by atoms with van der Waals surface area (Å²) in [6.45, 7) is 9.71. The number of likely N-dealkylation sites (tertiary alicyclic amines) is 1. The first-order chi connectivity index (χ1) is 9.31. The maximum absolute atomic E-state index is 12.1. The number of carbonyl (C=O) groups is 2. The van der Waals surface area contributed by atoms with Crippen molar-refractivity contribution in [2.75, 3.05) is 13.1 Å². The van der Waals surface area contributed by atoms with Gasteiger partial charge in [-0.1, -0.05) is 27.2 Å². The van der Waals surface area contributed by atoms with Crippen LogP contribution in [0.1, 0.15) is 47.0 Å². The van der Waals surface area contributed by atoms with Crippen molar-refractivity contribution in [3.63, 3.8) is 0 Å². The largest absolute Gasteiger partial charge is 0.481 e. The van der Waals surface area contributed by atoms with Crippen molar-refractivity contribution in [3.05, 3.63) is 0 Å². The lowest BCUT2D eigenvalue weighted by atomic mass is 10.0. The Hall–Kier alpha value is -1.26. The van der Waals surface area contributed by atoms with Gasteiger partial charge >= 0.3 is 12.0 Å². The number of carboxylic acid groups (broad SMARTS) is 1. The highest BCUT2D eigenvalue weighted by Crippen LogP contribution is 2.22. The van der Waals surface area contributed by atoms with E-state index in [2.05, 4.69) is 19.2 Å². The van der Waals surface area contributed by atoms with E-state index in [1.165, 1.54) is 0 Å². The summed E-state index contributed by atoms with van der Waals surface area (Å²) in [4.78, 5) is 24.7. The summed E-state index contributed by atoms with van der Waals surface area (Å²) in [7, 11) is 0. The molecule has 4 unspecified atom stereocenters. The zero-order valence-electron chi connectivity index (χ0n) is 13.1. The molecule has 5 heteroatoms. The second kappa shape index (κ2) is 7.50. The van der Waals surface area contributed by atoms with E-state index in [9.17, 15) is 9.59 Å². The van der Waals surface area contributed by atoms with Gasteiger partial charge in [-0.25, -0.2) is 4.79 Å². The molecule has 116 valence electrons. The molecule has 0 aromatic carbocycles. The third-order valence-electron chi connectivity index (χ3n) is 4.34. The van der Waals surface area contributed by atoms with E-state index in [-0.39, 0.29) is 18.0 Å². The molecule has 0 radical (unpaired) electrons. The molecule has 4 atom stereocenters. The van der Waals surface area contributed by atoms with Gasteiger partial charge in [-0.3, -0.25) is 4.79 Å². The Morgan fingerprint density at radius 1 is 1.20 bits per heavy atom. The minimum Gasteiger partial charge on any atom is -0.481 e. The van der Waals surface area contributed by atoms with Gasteiger partial charge in [-0.2, -0.15) is 0 Å². The number of amides is 2. The van der Waals surface area contributed by atoms with Crippen molar-refractivity contribution < 1.29 is 14.7 Å². The molecule has 0 aliphatic carbocycles. The van der Waals surface area contributed by atoms with Gasteiger partial charge in [-0.05, 0) is 31.6 Å². The van der Waals surface area contributed by atoms with Crippen LogP contribution in [-0.4, -0.2) is 41.1 Å². The van der Waals surface area contributed by atoms with Gasteiger partial charge in [0, 0.05) is 19.1 Å². The first-order valence-corrected chi connectivity index (χ1v) is 7.59. The molecule has 0 aromatic heterocycles. The Balaban J connectivity index is 2.23. The van der Waals surface area contributed by atoms with Crippen molar-refractivity contribution in [1.29, 1.82) is 0 Å². The lowest BCUT2D eigenvalue weighted by molar-refractivity contribution is -0.141. The molecule has 0 bridgehead atoms. The van der Waals surface area contributed by atoms with Gasteiger partial charge in [0.15, 0.2) is 0 Å². The van der Waals surface area contributed by atoms with E-state index in [4.69, 9.17) is 5.11 Å². The minimum atomic E-state index is -0.748. The Kier molecular flexibility index (Phi) is 6.30. The Bertz CT molecular complexity index is 336. The zero-order valence-corrected chi connectivity index (χ0v) is 13.1. The van der Waals surface area contributed by atoms with Crippen LogP contribution in [0, 0.1) is 17.8 Å². The van der Waals surface area contributed by atoms with Crippen LogP contribution in [0.25, 0.3) is 0 Å². The fraction of sp³-hybridized carbons (Fsp3) is 0.867. The molecule has 1 aliphatic heterocycles. The maximum atomic E-state index is 12.1. The van der Waals surface area contributed by atoms with Gasteiger partial charge in [0.2, 0.25) is 0 Å². The van der Waals surface area contributed by atoms with Crippen molar-refractivity contribution in [2.45, 2.75) is 53.0 Å². The maximum Gasteiger partial charge on any atom is 0.317 e. The number of hydrogen-bond acceptors (Lipinski definition) is 2. The number of carboxylic acids is 1. The average Bonchev–Trinajstić information content (AvgIpc) is 2.69. The van der Waals surface area contributed by atoms with Crippen LogP contribution in [0.4, 0.5) is 4.79 Å². The zero-order chi connectivity index (χ0) is 15.3. The fourth-order valence-electron chi connectivity index (χ4n) is 2.52. The van der Waals surface area contributed by atoms with Crippen molar-refractivity contribution >= 4 is 12.0 Å². The fourth-order valence-corrected chi connectivity index (χ4v) is 2.52. The molecule has 1 rings (SSSR count). The molecular formula is C15H28N2O3. The van der Waals surface area contributed by atoms with Gasteiger partial charge < -0.3 is 15.3 Å². The molecule has 2 N–H and O–H groups in total. The molecule has 1 heterocycles. The topological polar surface area (TPSA) is 69.6 Å². The van der Waals surface area contributed by atoms with Crippen LogP contribution in [0.15, 0.2) is 0 Å². The quantitative estimate of drug-likeness (QED) is 0.787. The molecule has 2 amide bonds. The van der Waals surface area contributed by atoms with E-state index in [1.807, 2.05) is 11.8 Å². The van der Waals surface area contributed by atoms with Crippen LogP contribution in [0.2, 0.25) is 0 Å². The van der Waals surface area contributed by atoms with Crippen molar-refractivity contribution in [1.82, 2.24) is 10.2 Å². The van der Waals surface area contributed by atoms with Gasteiger partial charge in [0.1, 0.15) is 0 Å². The van der Waals surface area contributed by atoms with Crippen LogP contribution < -0.4 is 5.32 Å². The summed E-state index contributed by atoms with van der Waals surface area (Å²) in [6, 6.07) is 0.106. The molecule has 1 saturated heterocycles. The Labute approximate surface area is 121 Å².